The van der Waals surface area contributed by atoms with Gasteiger partial charge in [0.15, 0.2) is 0 Å². The van der Waals surface area contributed by atoms with E-state index in [-0.39, 0.29) is 18.4 Å². The Morgan fingerprint density at radius 1 is 1.07 bits per heavy atom. The standard InChI is InChI=1S/C23H20ClN3O2/c1-15(16-9-11-18(24)12-10-16)25-21(28)13-14-22-26-23(27-29-22)20-8-4-6-17-5-2-3-7-19(17)20/h2-12,15H,13-14H2,1H3,(H,25,28)/t15-/m0/s1. The van der Waals surface area contributed by atoms with E-state index in [4.69, 9.17) is 16.1 Å². The summed E-state index contributed by atoms with van der Waals surface area (Å²) in [6.07, 6.45) is 0.659. The molecule has 0 aliphatic heterocycles. The van der Waals surface area contributed by atoms with Crippen molar-refractivity contribution in [3.05, 3.63) is 83.2 Å². The number of nitrogens with one attached hydrogen (secondary N) is 1. The number of hydrogen-bond donors (Lipinski definition) is 1. The molecule has 1 atom stereocenters. The van der Waals surface area contributed by atoms with Crippen LogP contribution in [0.4, 0.5) is 0 Å². The van der Waals surface area contributed by atoms with Gasteiger partial charge >= 0.3 is 0 Å². The number of aryl methyl sites for hydroxylation is 1. The first-order valence-electron chi connectivity index (χ1n) is 9.46. The van der Waals surface area contributed by atoms with E-state index in [0.29, 0.717) is 23.2 Å². The molecule has 5 nitrogen and oxygen atoms in total. The van der Waals surface area contributed by atoms with Crippen LogP contribution in [0, 0.1) is 0 Å². The van der Waals surface area contributed by atoms with Crippen LogP contribution in [-0.4, -0.2) is 16.0 Å². The first-order chi connectivity index (χ1) is 14.1. The maximum Gasteiger partial charge on any atom is 0.227 e. The molecule has 1 amide bonds. The molecule has 0 saturated heterocycles. The zero-order chi connectivity index (χ0) is 20.2. The summed E-state index contributed by atoms with van der Waals surface area (Å²) in [5, 5.41) is 9.93. The van der Waals surface area contributed by atoms with Crippen LogP contribution in [0.3, 0.4) is 0 Å². The molecule has 0 unspecified atom stereocenters. The van der Waals surface area contributed by atoms with Crippen LogP contribution in [0.25, 0.3) is 22.2 Å². The monoisotopic (exact) mass is 405 g/mol. The second-order valence-corrected chi connectivity index (χ2v) is 7.32. The summed E-state index contributed by atoms with van der Waals surface area (Å²) in [6.45, 7) is 1.94. The van der Waals surface area contributed by atoms with E-state index in [1.807, 2.05) is 73.7 Å². The molecule has 146 valence electrons. The summed E-state index contributed by atoms with van der Waals surface area (Å²) in [7, 11) is 0. The Morgan fingerprint density at radius 3 is 2.66 bits per heavy atom. The molecular weight excluding hydrogens is 386 g/mol. The van der Waals surface area contributed by atoms with Gasteiger partial charge in [-0.15, -0.1) is 0 Å². The molecule has 0 aliphatic rings. The van der Waals surface area contributed by atoms with Crippen molar-refractivity contribution < 1.29 is 9.32 Å². The molecule has 1 aromatic heterocycles. The molecule has 29 heavy (non-hydrogen) atoms. The summed E-state index contributed by atoms with van der Waals surface area (Å²) in [5.74, 6) is 0.909. The lowest BCUT2D eigenvalue weighted by Crippen LogP contribution is -2.26. The average Bonchev–Trinajstić information content (AvgIpc) is 3.21. The summed E-state index contributed by atoms with van der Waals surface area (Å²) in [5.41, 5.74) is 1.91. The second-order valence-electron chi connectivity index (χ2n) is 6.88. The molecular formula is C23H20ClN3O2. The molecule has 0 spiro atoms. The fraction of sp³-hybridized carbons (Fsp3) is 0.174. The number of carbonyl (C=O) groups is 1. The highest BCUT2D eigenvalue weighted by Gasteiger charge is 2.14. The molecule has 1 N–H and O–H groups in total. The van der Waals surface area contributed by atoms with Gasteiger partial charge in [-0.05, 0) is 35.4 Å². The van der Waals surface area contributed by atoms with Crippen molar-refractivity contribution in [2.24, 2.45) is 0 Å². The van der Waals surface area contributed by atoms with Gasteiger partial charge in [0.25, 0.3) is 0 Å². The maximum atomic E-state index is 12.3. The van der Waals surface area contributed by atoms with Gasteiger partial charge in [0, 0.05) is 23.4 Å². The van der Waals surface area contributed by atoms with E-state index in [1.54, 1.807) is 0 Å². The van der Waals surface area contributed by atoms with E-state index < -0.39 is 0 Å². The highest BCUT2D eigenvalue weighted by Crippen LogP contribution is 2.26. The van der Waals surface area contributed by atoms with Crippen LogP contribution in [0.2, 0.25) is 5.02 Å². The molecule has 0 bridgehead atoms. The van der Waals surface area contributed by atoms with Crippen molar-refractivity contribution >= 4 is 28.3 Å². The fourth-order valence-electron chi connectivity index (χ4n) is 3.26. The summed E-state index contributed by atoms with van der Waals surface area (Å²) < 4.78 is 5.37. The number of fused-ring (bicyclic) bond motifs is 1. The SMILES string of the molecule is C[C@H](NC(=O)CCc1nc(-c2cccc3ccccc23)no1)c1ccc(Cl)cc1. The van der Waals surface area contributed by atoms with Crippen molar-refractivity contribution in [1.29, 1.82) is 0 Å². The lowest BCUT2D eigenvalue weighted by molar-refractivity contribution is -0.121. The van der Waals surface area contributed by atoms with E-state index in [9.17, 15) is 4.79 Å². The minimum Gasteiger partial charge on any atom is -0.350 e. The van der Waals surface area contributed by atoms with Crippen molar-refractivity contribution in [1.82, 2.24) is 15.5 Å². The Kier molecular flexibility index (Phi) is 5.58. The maximum absolute atomic E-state index is 12.3. The number of halogens is 1. The number of aromatic nitrogens is 2. The minimum atomic E-state index is -0.103. The molecule has 4 rings (SSSR count). The third kappa shape index (κ3) is 4.46. The molecule has 0 fully saturated rings. The third-order valence-corrected chi connectivity index (χ3v) is 5.06. The molecule has 0 aliphatic carbocycles. The number of carbonyl (C=O) groups excluding carboxylic acids is 1. The van der Waals surface area contributed by atoms with Crippen LogP contribution < -0.4 is 5.32 Å². The fourth-order valence-corrected chi connectivity index (χ4v) is 3.38. The number of rotatable bonds is 6. The van der Waals surface area contributed by atoms with E-state index in [2.05, 4.69) is 15.5 Å². The van der Waals surface area contributed by atoms with Crippen LogP contribution in [0.5, 0.6) is 0 Å². The van der Waals surface area contributed by atoms with Crippen LogP contribution in [-0.2, 0) is 11.2 Å². The Morgan fingerprint density at radius 2 is 1.83 bits per heavy atom. The van der Waals surface area contributed by atoms with Crippen LogP contribution in [0.15, 0.2) is 71.3 Å². The average molecular weight is 406 g/mol. The Balaban J connectivity index is 1.39. The summed E-state index contributed by atoms with van der Waals surface area (Å²) in [6, 6.07) is 21.4. The van der Waals surface area contributed by atoms with Crippen molar-refractivity contribution in [3.8, 4) is 11.4 Å². The van der Waals surface area contributed by atoms with Gasteiger partial charge in [-0.1, -0.05) is 71.4 Å². The molecule has 0 radical (unpaired) electrons. The number of hydrogen-bond acceptors (Lipinski definition) is 4. The van der Waals surface area contributed by atoms with E-state index >= 15 is 0 Å². The van der Waals surface area contributed by atoms with Gasteiger partial charge in [-0.2, -0.15) is 4.98 Å². The highest BCUT2D eigenvalue weighted by atomic mass is 35.5. The smallest absolute Gasteiger partial charge is 0.227 e. The number of benzene rings is 3. The largest absolute Gasteiger partial charge is 0.350 e. The molecule has 0 saturated carbocycles. The van der Waals surface area contributed by atoms with Crippen molar-refractivity contribution in [3.63, 3.8) is 0 Å². The predicted octanol–water partition coefficient (Wildman–Crippen LogP) is 5.35. The lowest BCUT2D eigenvalue weighted by atomic mass is 10.0. The lowest BCUT2D eigenvalue weighted by Gasteiger charge is -2.14. The molecule has 1 heterocycles. The number of amides is 1. The second kappa shape index (κ2) is 8.45. The topological polar surface area (TPSA) is 68.0 Å². The van der Waals surface area contributed by atoms with Gasteiger partial charge < -0.3 is 9.84 Å². The highest BCUT2D eigenvalue weighted by molar-refractivity contribution is 6.30. The van der Waals surface area contributed by atoms with E-state index in [1.165, 1.54) is 0 Å². The quantitative estimate of drug-likeness (QED) is 0.469. The van der Waals surface area contributed by atoms with Gasteiger partial charge in [0.05, 0.1) is 6.04 Å². The van der Waals surface area contributed by atoms with Gasteiger partial charge in [-0.3, -0.25) is 4.79 Å². The Labute approximate surface area is 173 Å². The predicted molar refractivity (Wildman–Crippen MR) is 114 cm³/mol. The summed E-state index contributed by atoms with van der Waals surface area (Å²) in [4.78, 5) is 16.8. The van der Waals surface area contributed by atoms with Crippen molar-refractivity contribution in [2.45, 2.75) is 25.8 Å². The molecule has 3 aromatic carbocycles. The van der Waals surface area contributed by atoms with Gasteiger partial charge in [0.1, 0.15) is 0 Å². The zero-order valence-electron chi connectivity index (χ0n) is 15.9. The van der Waals surface area contributed by atoms with Crippen molar-refractivity contribution in [2.75, 3.05) is 0 Å². The zero-order valence-corrected chi connectivity index (χ0v) is 16.7. The minimum absolute atomic E-state index is 0.0719. The van der Waals surface area contributed by atoms with Gasteiger partial charge in [-0.25, -0.2) is 0 Å². The molecule has 6 heteroatoms. The third-order valence-electron chi connectivity index (χ3n) is 4.81. The van der Waals surface area contributed by atoms with Crippen LogP contribution >= 0.6 is 11.6 Å². The van der Waals surface area contributed by atoms with E-state index in [0.717, 1.165) is 21.9 Å². The first-order valence-corrected chi connectivity index (χ1v) is 9.83. The van der Waals surface area contributed by atoms with Gasteiger partial charge in [0.2, 0.25) is 17.6 Å². The number of nitrogens with zero attached hydrogens (tertiary/aromatic N) is 2. The molecule has 4 aromatic rings. The van der Waals surface area contributed by atoms with Crippen LogP contribution in [0.1, 0.15) is 30.8 Å². The summed E-state index contributed by atoms with van der Waals surface area (Å²) >= 11 is 5.91. The Hall–Kier alpha value is -3.18. The normalized spacial score (nSPS) is 12.1. The first kappa shape index (κ1) is 19.2. The Bertz CT molecular complexity index is 1130.